The number of carbonyl (C=O) groups excluding carboxylic acids is 1. The number of halogens is 2. The summed E-state index contributed by atoms with van der Waals surface area (Å²) in [5.74, 6) is 0.900. The SMILES string of the molecule is CN(C)CC1CCC(Nc2c(C(=O)C3CC3)cnc3ccc(-c4cc(Cl)c(O)c(Cl)c4)cc23)CC1. The van der Waals surface area contributed by atoms with E-state index in [4.69, 9.17) is 23.2 Å². The predicted molar refractivity (Wildman–Crippen MR) is 144 cm³/mol. The average Bonchev–Trinajstić information content (AvgIpc) is 3.68. The first-order chi connectivity index (χ1) is 16.8. The third-order valence-electron chi connectivity index (χ3n) is 7.25. The van der Waals surface area contributed by atoms with Gasteiger partial charge in [-0.15, -0.1) is 0 Å². The number of carbonyl (C=O) groups is 1. The minimum absolute atomic E-state index is 0.114. The van der Waals surface area contributed by atoms with Crippen LogP contribution in [-0.2, 0) is 0 Å². The van der Waals surface area contributed by atoms with E-state index >= 15 is 0 Å². The van der Waals surface area contributed by atoms with Crippen molar-refractivity contribution in [1.82, 2.24) is 9.88 Å². The molecule has 2 N–H and O–H groups in total. The molecule has 0 unspecified atom stereocenters. The lowest BCUT2D eigenvalue weighted by molar-refractivity contribution is 0.0968. The first-order valence-electron chi connectivity index (χ1n) is 12.4. The van der Waals surface area contributed by atoms with Gasteiger partial charge in [0.1, 0.15) is 0 Å². The van der Waals surface area contributed by atoms with E-state index in [9.17, 15) is 9.90 Å². The lowest BCUT2D eigenvalue weighted by Gasteiger charge is -2.32. The first-order valence-corrected chi connectivity index (χ1v) is 13.1. The van der Waals surface area contributed by atoms with Gasteiger partial charge < -0.3 is 15.3 Å². The first kappa shape index (κ1) is 24.4. The highest BCUT2D eigenvalue weighted by Gasteiger charge is 2.33. The van der Waals surface area contributed by atoms with Crippen LogP contribution in [0.4, 0.5) is 5.69 Å². The smallest absolute Gasteiger partial charge is 0.169 e. The van der Waals surface area contributed by atoms with E-state index in [1.54, 1.807) is 18.3 Å². The summed E-state index contributed by atoms with van der Waals surface area (Å²) < 4.78 is 0. The number of fused-ring (bicyclic) bond motifs is 1. The average molecular weight is 512 g/mol. The van der Waals surface area contributed by atoms with Crippen LogP contribution in [0.2, 0.25) is 10.0 Å². The number of ketones is 1. The fraction of sp³-hybridized carbons (Fsp3) is 0.429. The van der Waals surface area contributed by atoms with Gasteiger partial charge in [-0.05, 0) is 93.9 Å². The quantitative estimate of drug-likeness (QED) is 0.333. The van der Waals surface area contributed by atoms with Crippen molar-refractivity contribution in [1.29, 1.82) is 0 Å². The normalized spacial score (nSPS) is 20.4. The number of phenols is 1. The van der Waals surface area contributed by atoms with Gasteiger partial charge >= 0.3 is 0 Å². The molecule has 35 heavy (non-hydrogen) atoms. The third kappa shape index (κ3) is 5.28. The zero-order valence-corrected chi connectivity index (χ0v) is 21.7. The molecule has 2 aliphatic carbocycles. The molecule has 2 saturated carbocycles. The van der Waals surface area contributed by atoms with Gasteiger partial charge in [-0.2, -0.15) is 0 Å². The molecule has 3 aromatic rings. The van der Waals surface area contributed by atoms with Gasteiger partial charge in [0.15, 0.2) is 11.5 Å². The van der Waals surface area contributed by atoms with Crippen LogP contribution >= 0.6 is 23.2 Å². The number of hydrogen-bond donors (Lipinski definition) is 2. The third-order valence-corrected chi connectivity index (χ3v) is 7.83. The topological polar surface area (TPSA) is 65.5 Å². The molecule has 0 bridgehead atoms. The molecule has 7 heteroatoms. The highest BCUT2D eigenvalue weighted by atomic mass is 35.5. The Hall–Kier alpha value is -2.34. The second kappa shape index (κ2) is 9.96. The van der Waals surface area contributed by atoms with Gasteiger partial charge in [0.25, 0.3) is 0 Å². The Labute approximate surface area is 216 Å². The number of hydrogen-bond acceptors (Lipinski definition) is 5. The standard InChI is InChI=1S/C28H31Cl2N3O2/c1-33(2)15-16-3-8-20(9-4-16)32-26-21-11-18(19-12-23(29)28(35)24(30)13-19)7-10-25(21)31-14-22(26)27(34)17-5-6-17/h7,10-14,16-17,20,35H,3-6,8-9,15H2,1-2H3,(H,31,32). The lowest BCUT2D eigenvalue weighted by atomic mass is 9.85. The number of Topliss-reactive ketones (excluding diaryl/α,β-unsaturated/α-hetero) is 1. The van der Waals surface area contributed by atoms with E-state index in [0.717, 1.165) is 65.9 Å². The number of anilines is 1. The van der Waals surface area contributed by atoms with Crippen LogP contribution in [0.1, 0.15) is 48.9 Å². The van der Waals surface area contributed by atoms with Gasteiger partial charge in [-0.25, -0.2) is 0 Å². The second-order valence-electron chi connectivity index (χ2n) is 10.3. The number of benzene rings is 2. The second-order valence-corrected chi connectivity index (χ2v) is 11.1. The monoisotopic (exact) mass is 511 g/mol. The molecule has 2 fully saturated rings. The van der Waals surface area contributed by atoms with Crippen molar-refractivity contribution in [2.45, 2.75) is 44.6 Å². The number of pyridine rings is 1. The Kier molecular flexibility index (Phi) is 6.93. The molecule has 0 radical (unpaired) electrons. The number of nitrogens with zero attached hydrogens (tertiary/aromatic N) is 2. The van der Waals surface area contributed by atoms with Crippen molar-refractivity contribution >= 4 is 45.6 Å². The molecule has 2 aliphatic rings. The van der Waals surface area contributed by atoms with Crippen molar-refractivity contribution in [3.63, 3.8) is 0 Å². The highest BCUT2D eigenvalue weighted by molar-refractivity contribution is 6.37. The molecule has 0 aliphatic heterocycles. The lowest BCUT2D eigenvalue weighted by Crippen LogP contribution is -2.31. The molecule has 5 rings (SSSR count). The van der Waals surface area contributed by atoms with Crippen LogP contribution in [0, 0.1) is 11.8 Å². The predicted octanol–water partition coefficient (Wildman–Crippen LogP) is 7.04. The largest absolute Gasteiger partial charge is 0.505 e. The maximum Gasteiger partial charge on any atom is 0.169 e. The molecule has 0 amide bonds. The molecule has 2 aromatic carbocycles. The van der Waals surface area contributed by atoms with Crippen LogP contribution in [0.3, 0.4) is 0 Å². The number of nitrogens with one attached hydrogen (secondary N) is 1. The minimum Gasteiger partial charge on any atom is -0.505 e. The van der Waals surface area contributed by atoms with Crippen LogP contribution in [0.5, 0.6) is 5.75 Å². The highest BCUT2D eigenvalue weighted by Crippen LogP contribution is 2.40. The molecule has 0 saturated heterocycles. The maximum atomic E-state index is 13.2. The van der Waals surface area contributed by atoms with E-state index < -0.39 is 0 Å². The summed E-state index contributed by atoms with van der Waals surface area (Å²) in [5, 5.41) is 15.1. The van der Waals surface area contributed by atoms with E-state index in [-0.39, 0.29) is 27.5 Å². The van der Waals surface area contributed by atoms with Crippen LogP contribution in [-0.4, -0.2) is 47.5 Å². The van der Waals surface area contributed by atoms with Crippen LogP contribution in [0.15, 0.2) is 36.5 Å². The summed E-state index contributed by atoms with van der Waals surface area (Å²) in [6.07, 6.45) is 8.19. The summed E-state index contributed by atoms with van der Waals surface area (Å²) >= 11 is 12.4. The van der Waals surface area contributed by atoms with Crippen molar-refractivity contribution in [2.75, 3.05) is 26.0 Å². The summed E-state index contributed by atoms with van der Waals surface area (Å²) in [4.78, 5) is 20.1. The Bertz CT molecular complexity index is 1240. The molecule has 5 nitrogen and oxygen atoms in total. The van der Waals surface area contributed by atoms with Crippen molar-refractivity contribution in [3.05, 3.63) is 52.1 Å². The van der Waals surface area contributed by atoms with Crippen molar-refractivity contribution in [3.8, 4) is 16.9 Å². The van der Waals surface area contributed by atoms with Crippen LogP contribution in [0.25, 0.3) is 22.0 Å². The van der Waals surface area contributed by atoms with Crippen molar-refractivity contribution < 1.29 is 9.90 Å². The molecule has 1 aromatic heterocycles. The molecular formula is C28H31Cl2N3O2. The van der Waals surface area contributed by atoms with E-state index in [1.165, 1.54) is 12.8 Å². The number of aromatic nitrogens is 1. The summed E-state index contributed by atoms with van der Waals surface area (Å²) in [6.45, 7) is 1.12. The number of phenolic OH excluding ortho intramolecular Hbond substituents is 1. The van der Waals surface area contributed by atoms with Gasteiger partial charge in [-0.1, -0.05) is 29.3 Å². The van der Waals surface area contributed by atoms with E-state index in [0.29, 0.717) is 11.6 Å². The fourth-order valence-corrected chi connectivity index (χ4v) is 5.71. The maximum absolute atomic E-state index is 13.2. The molecular weight excluding hydrogens is 481 g/mol. The fourth-order valence-electron chi connectivity index (χ4n) is 5.22. The van der Waals surface area contributed by atoms with Gasteiger partial charge in [0, 0.05) is 30.1 Å². The number of aromatic hydroxyl groups is 1. The summed E-state index contributed by atoms with van der Waals surface area (Å²) in [7, 11) is 4.27. The summed E-state index contributed by atoms with van der Waals surface area (Å²) in [6, 6.07) is 9.71. The van der Waals surface area contributed by atoms with Gasteiger partial charge in [0.05, 0.1) is 26.8 Å². The Morgan fingerprint density at radius 1 is 1.03 bits per heavy atom. The Balaban J connectivity index is 1.52. The Morgan fingerprint density at radius 3 is 2.34 bits per heavy atom. The van der Waals surface area contributed by atoms with Crippen LogP contribution < -0.4 is 5.32 Å². The van der Waals surface area contributed by atoms with Gasteiger partial charge in [0.2, 0.25) is 0 Å². The molecule has 184 valence electrons. The van der Waals surface area contributed by atoms with Crippen molar-refractivity contribution in [2.24, 2.45) is 11.8 Å². The zero-order chi connectivity index (χ0) is 24.7. The van der Waals surface area contributed by atoms with E-state index in [1.807, 2.05) is 18.2 Å². The van der Waals surface area contributed by atoms with Gasteiger partial charge in [-0.3, -0.25) is 9.78 Å². The zero-order valence-electron chi connectivity index (χ0n) is 20.2. The summed E-state index contributed by atoms with van der Waals surface area (Å²) in [5.41, 5.74) is 4.11. The molecule has 1 heterocycles. The minimum atomic E-state index is -0.121. The molecule has 0 spiro atoms. The van der Waals surface area contributed by atoms with E-state index in [2.05, 4.69) is 29.3 Å². The number of rotatable bonds is 7. The molecule has 0 atom stereocenters. The Morgan fingerprint density at radius 2 is 1.71 bits per heavy atom.